The first kappa shape index (κ1) is 14.8. The third-order valence-electron chi connectivity index (χ3n) is 3.17. The fraction of sp³-hybridized carbons (Fsp3) is 0.375. The van der Waals surface area contributed by atoms with Gasteiger partial charge in [0.05, 0.1) is 9.83 Å². The Kier molecular flexibility index (Phi) is 5.20. The van der Waals surface area contributed by atoms with Crippen molar-refractivity contribution in [1.82, 2.24) is 5.32 Å². The number of hydrogen-bond acceptors (Lipinski definition) is 2. The number of halogens is 1. The third-order valence-corrected chi connectivity index (χ3v) is 5.37. The molecule has 1 atom stereocenters. The van der Waals surface area contributed by atoms with Crippen molar-refractivity contribution in [2.45, 2.75) is 33.2 Å². The van der Waals surface area contributed by atoms with Crippen LogP contribution in [0.2, 0.25) is 0 Å². The average Bonchev–Trinajstić information content (AvgIpc) is 2.72. The SMILES string of the molecule is CCCNC(c1ccc(C)cc1)c1cc(C)c(Br)s1. The van der Waals surface area contributed by atoms with Crippen molar-refractivity contribution in [2.75, 3.05) is 6.54 Å². The smallest absolute Gasteiger partial charge is 0.0731 e. The minimum atomic E-state index is 0.301. The van der Waals surface area contributed by atoms with E-state index in [9.17, 15) is 0 Å². The molecule has 1 aromatic heterocycles. The molecule has 0 aliphatic heterocycles. The van der Waals surface area contributed by atoms with Gasteiger partial charge in [-0.2, -0.15) is 0 Å². The van der Waals surface area contributed by atoms with Crippen molar-refractivity contribution in [3.63, 3.8) is 0 Å². The lowest BCUT2D eigenvalue weighted by atomic mass is 10.0. The quantitative estimate of drug-likeness (QED) is 0.788. The molecule has 0 spiro atoms. The maximum atomic E-state index is 3.65. The van der Waals surface area contributed by atoms with Crippen LogP contribution in [0, 0.1) is 13.8 Å². The molecule has 1 nitrogen and oxygen atoms in total. The van der Waals surface area contributed by atoms with Gasteiger partial charge in [-0.15, -0.1) is 11.3 Å². The van der Waals surface area contributed by atoms with Crippen LogP contribution in [-0.4, -0.2) is 6.54 Å². The van der Waals surface area contributed by atoms with Gasteiger partial charge in [0.1, 0.15) is 0 Å². The van der Waals surface area contributed by atoms with Crippen LogP contribution >= 0.6 is 27.3 Å². The van der Waals surface area contributed by atoms with Gasteiger partial charge < -0.3 is 5.32 Å². The molecular formula is C16H20BrNS. The molecule has 19 heavy (non-hydrogen) atoms. The van der Waals surface area contributed by atoms with E-state index in [0.717, 1.165) is 13.0 Å². The molecule has 1 unspecified atom stereocenters. The molecule has 0 bridgehead atoms. The van der Waals surface area contributed by atoms with Gasteiger partial charge in [-0.25, -0.2) is 0 Å². The molecule has 2 aromatic rings. The van der Waals surface area contributed by atoms with Crippen LogP contribution in [0.4, 0.5) is 0 Å². The summed E-state index contributed by atoms with van der Waals surface area (Å²) < 4.78 is 1.23. The van der Waals surface area contributed by atoms with E-state index >= 15 is 0 Å². The van der Waals surface area contributed by atoms with E-state index in [-0.39, 0.29) is 0 Å². The normalized spacial score (nSPS) is 12.6. The van der Waals surface area contributed by atoms with Gasteiger partial charge in [0.15, 0.2) is 0 Å². The highest BCUT2D eigenvalue weighted by molar-refractivity contribution is 9.11. The molecule has 0 aliphatic rings. The summed E-state index contributed by atoms with van der Waals surface area (Å²) in [5, 5.41) is 3.65. The lowest BCUT2D eigenvalue weighted by molar-refractivity contribution is 0.605. The van der Waals surface area contributed by atoms with Gasteiger partial charge in [-0.1, -0.05) is 36.8 Å². The maximum Gasteiger partial charge on any atom is 0.0731 e. The van der Waals surface area contributed by atoms with Crippen molar-refractivity contribution < 1.29 is 0 Å². The van der Waals surface area contributed by atoms with Gasteiger partial charge in [0.2, 0.25) is 0 Å². The summed E-state index contributed by atoms with van der Waals surface area (Å²) in [6.07, 6.45) is 1.15. The average molecular weight is 338 g/mol. The lowest BCUT2D eigenvalue weighted by Crippen LogP contribution is -2.22. The Labute approximate surface area is 128 Å². The Morgan fingerprint density at radius 1 is 1.21 bits per heavy atom. The summed E-state index contributed by atoms with van der Waals surface area (Å²) in [6.45, 7) is 7.52. The van der Waals surface area contributed by atoms with E-state index in [0.29, 0.717) is 6.04 Å². The number of thiophene rings is 1. The Bertz CT molecular complexity index is 511. The van der Waals surface area contributed by atoms with E-state index in [1.165, 1.54) is 25.4 Å². The van der Waals surface area contributed by atoms with Crippen molar-refractivity contribution in [1.29, 1.82) is 0 Å². The summed E-state index contributed by atoms with van der Waals surface area (Å²) in [6, 6.07) is 11.4. The molecule has 1 N–H and O–H groups in total. The Balaban J connectivity index is 2.32. The number of benzene rings is 1. The van der Waals surface area contributed by atoms with Crippen molar-refractivity contribution in [3.05, 3.63) is 55.7 Å². The summed E-state index contributed by atoms with van der Waals surface area (Å²) in [5.41, 5.74) is 3.96. The molecule has 0 saturated heterocycles. The topological polar surface area (TPSA) is 12.0 Å². The molecule has 3 heteroatoms. The van der Waals surface area contributed by atoms with Crippen LogP contribution in [0.25, 0.3) is 0 Å². The minimum absolute atomic E-state index is 0.301. The van der Waals surface area contributed by atoms with Crippen LogP contribution < -0.4 is 5.32 Å². The van der Waals surface area contributed by atoms with Crippen LogP contribution in [0.1, 0.15) is 41.0 Å². The molecular weight excluding hydrogens is 318 g/mol. The van der Waals surface area contributed by atoms with Gasteiger partial charge in [-0.05, 0) is 59.9 Å². The number of nitrogens with one attached hydrogen (secondary N) is 1. The molecule has 2 rings (SSSR count). The fourth-order valence-corrected chi connectivity index (χ4v) is 3.73. The van der Waals surface area contributed by atoms with Crippen molar-refractivity contribution in [3.8, 4) is 0 Å². The molecule has 0 fully saturated rings. The van der Waals surface area contributed by atoms with E-state index in [2.05, 4.69) is 72.3 Å². The van der Waals surface area contributed by atoms with E-state index < -0.39 is 0 Å². The second-order valence-corrected chi connectivity index (χ2v) is 7.30. The fourth-order valence-electron chi connectivity index (χ4n) is 2.06. The highest BCUT2D eigenvalue weighted by atomic mass is 79.9. The van der Waals surface area contributed by atoms with Crippen LogP contribution in [0.5, 0.6) is 0 Å². The van der Waals surface area contributed by atoms with Gasteiger partial charge in [0.25, 0.3) is 0 Å². The monoisotopic (exact) mass is 337 g/mol. The summed E-state index contributed by atoms with van der Waals surface area (Å²) >= 11 is 5.45. The molecule has 0 aliphatic carbocycles. The highest BCUT2D eigenvalue weighted by Gasteiger charge is 2.16. The summed E-state index contributed by atoms with van der Waals surface area (Å²) in [5.74, 6) is 0. The zero-order valence-electron chi connectivity index (χ0n) is 11.7. The van der Waals surface area contributed by atoms with Crippen LogP contribution in [-0.2, 0) is 0 Å². The third kappa shape index (κ3) is 3.68. The number of hydrogen-bond donors (Lipinski definition) is 1. The summed E-state index contributed by atoms with van der Waals surface area (Å²) in [4.78, 5) is 1.38. The van der Waals surface area contributed by atoms with Crippen LogP contribution in [0.15, 0.2) is 34.1 Å². The Hall–Kier alpha value is -0.640. The second kappa shape index (κ2) is 6.69. The first-order valence-corrected chi connectivity index (χ1v) is 8.28. The molecule has 0 amide bonds. The van der Waals surface area contributed by atoms with E-state index in [1.807, 2.05) is 11.3 Å². The molecule has 1 aromatic carbocycles. The first-order valence-electron chi connectivity index (χ1n) is 6.67. The summed E-state index contributed by atoms with van der Waals surface area (Å²) in [7, 11) is 0. The van der Waals surface area contributed by atoms with Crippen molar-refractivity contribution >= 4 is 27.3 Å². The van der Waals surface area contributed by atoms with E-state index in [4.69, 9.17) is 0 Å². The van der Waals surface area contributed by atoms with Gasteiger partial charge >= 0.3 is 0 Å². The zero-order valence-corrected chi connectivity index (χ0v) is 14.1. The molecule has 0 saturated carbocycles. The standard InChI is InChI=1S/C16H20BrNS/c1-4-9-18-15(13-7-5-11(2)6-8-13)14-10-12(3)16(17)19-14/h5-8,10,15,18H,4,9H2,1-3H3. The largest absolute Gasteiger partial charge is 0.306 e. The van der Waals surface area contributed by atoms with Gasteiger partial charge in [0, 0.05) is 4.88 Å². The second-order valence-electron chi connectivity index (χ2n) is 4.90. The van der Waals surface area contributed by atoms with Crippen LogP contribution in [0.3, 0.4) is 0 Å². The van der Waals surface area contributed by atoms with E-state index in [1.54, 1.807) is 0 Å². The predicted molar refractivity (Wildman–Crippen MR) is 88.1 cm³/mol. The highest BCUT2D eigenvalue weighted by Crippen LogP contribution is 2.34. The minimum Gasteiger partial charge on any atom is -0.306 e. The Morgan fingerprint density at radius 3 is 2.42 bits per heavy atom. The maximum absolute atomic E-state index is 3.65. The predicted octanol–water partition coefficient (Wildman–Crippen LogP) is 5.22. The number of aryl methyl sites for hydroxylation is 2. The molecule has 0 radical (unpaired) electrons. The Morgan fingerprint density at radius 2 is 1.89 bits per heavy atom. The first-order chi connectivity index (χ1) is 9.11. The zero-order chi connectivity index (χ0) is 13.8. The molecule has 102 valence electrons. The molecule has 1 heterocycles. The van der Waals surface area contributed by atoms with Gasteiger partial charge in [-0.3, -0.25) is 0 Å². The van der Waals surface area contributed by atoms with Crippen molar-refractivity contribution in [2.24, 2.45) is 0 Å². The lowest BCUT2D eigenvalue weighted by Gasteiger charge is -2.18. The number of rotatable bonds is 5.